The molecule has 0 unspecified atom stereocenters. The van der Waals surface area contributed by atoms with E-state index in [-0.39, 0.29) is 16.0 Å². The number of carbonyl (C=O) groups excluding carboxylic acids is 1. The summed E-state index contributed by atoms with van der Waals surface area (Å²) in [5.41, 5.74) is 5.08. The lowest BCUT2D eigenvalue weighted by Crippen LogP contribution is -2.50. The molecule has 31 heavy (non-hydrogen) atoms. The minimum absolute atomic E-state index is 0.0103. The Balaban J connectivity index is 1.30. The van der Waals surface area contributed by atoms with E-state index in [1.54, 1.807) is 0 Å². The number of hydrogen-bond acceptors (Lipinski definition) is 4. The Morgan fingerprint density at radius 2 is 1.84 bits per heavy atom. The summed E-state index contributed by atoms with van der Waals surface area (Å²) < 4.78 is 5.96. The molecular weight excluding hydrogens is 424 g/mol. The number of ether oxygens (including phenoxy) is 1. The van der Waals surface area contributed by atoms with Gasteiger partial charge in [-0.3, -0.25) is 4.79 Å². The third-order valence-electron chi connectivity index (χ3n) is 6.90. The Kier molecular flexibility index (Phi) is 5.04. The van der Waals surface area contributed by atoms with Crippen molar-refractivity contribution in [2.75, 3.05) is 24.7 Å². The van der Waals surface area contributed by atoms with Gasteiger partial charge in [0.1, 0.15) is 4.08 Å². The zero-order valence-electron chi connectivity index (χ0n) is 17.4. The summed E-state index contributed by atoms with van der Waals surface area (Å²) in [5, 5.41) is 1.28. The molecule has 1 amide bonds. The topological polar surface area (TPSA) is 45.3 Å². The quantitative estimate of drug-likeness (QED) is 0.535. The highest BCUT2D eigenvalue weighted by Gasteiger charge is 2.56. The monoisotopic (exact) mass is 450 g/mol. The van der Waals surface area contributed by atoms with Crippen molar-refractivity contribution in [2.24, 2.45) is 5.92 Å². The first-order valence-corrected chi connectivity index (χ1v) is 13.0. The Morgan fingerprint density at radius 3 is 2.68 bits per heavy atom. The number of piperidine rings is 1. The first-order valence-electron chi connectivity index (χ1n) is 11.1. The standard InChI is InChI=1S/C25H26N2O2S2/c28-22-15-18-14-21(27(22)10-11-29-16-17-6-2-1-3-7-17)23-19-8-4-5-9-20(19)26-24(23)25(18)30-12-13-31-25/h1-9,18,21,26H,10-16H2/t18-,21-/m1/s1. The highest BCUT2D eigenvalue weighted by Crippen LogP contribution is 2.65. The van der Waals surface area contributed by atoms with Crippen molar-refractivity contribution in [3.8, 4) is 0 Å². The van der Waals surface area contributed by atoms with Gasteiger partial charge in [0, 0.05) is 46.6 Å². The number of aromatic nitrogens is 1. The molecule has 4 nitrogen and oxygen atoms in total. The maximum absolute atomic E-state index is 13.3. The largest absolute Gasteiger partial charge is 0.375 e. The summed E-state index contributed by atoms with van der Waals surface area (Å²) in [6.45, 7) is 1.80. The van der Waals surface area contributed by atoms with Crippen molar-refractivity contribution in [1.29, 1.82) is 0 Å². The summed E-state index contributed by atoms with van der Waals surface area (Å²) in [6.07, 6.45) is 1.70. The number of benzene rings is 2. The number of hydrogen-bond donors (Lipinski definition) is 1. The van der Waals surface area contributed by atoms with Crippen molar-refractivity contribution in [1.82, 2.24) is 9.88 Å². The van der Waals surface area contributed by atoms with Crippen LogP contribution in [-0.2, 0) is 20.2 Å². The first kappa shape index (κ1) is 19.8. The van der Waals surface area contributed by atoms with Crippen LogP contribution in [0.1, 0.15) is 35.7 Å². The van der Waals surface area contributed by atoms with Crippen LogP contribution in [0, 0.1) is 5.92 Å². The van der Waals surface area contributed by atoms with E-state index in [1.807, 2.05) is 18.2 Å². The Bertz CT molecular complexity index is 1110. The van der Waals surface area contributed by atoms with E-state index in [0.29, 0.717) is 32.1 Å². The number of thioether (sulfide) groups is 2. The van der Waals surface area contributed by atoms with Crippen molar-refractivity contribution < 1.29 is 9.53 Å². The Labute approximate surface area is 191 Å². The van der Waals surface area contributed by atoms with Gasteiger partial charge in [-0.2, -0.15) is 0 Å². The molecule has 160 valence electrons. The number of carbonyl (C=O) groups is 1. The molecule has 0 radical (unpaired) electrons. The van der Waals surface area contributed by atoms with Gasteiger partial charge in [-0.25, -0.2) is 0 Å². The molecule has 6 heteroatoms. The van der Waals surface area contributed by atoms with Crippen LogP contribution in [0.25, 0.3) is 10.9 Å². The molecule has 3 aliphatic rings. The average Bonchev–Trinajstić information content (AvgIpc) is 3.43. The van der Waals surface area contributed by atoms with E-state index in [2.05, 4.69) is 69.8 Å². The maximum Gasteiger partial charge on any atom is 0.223 e. The van der Waals surface area contributed by atoms with Crippen LogP contribution in [0.5, 0.6) is 0 Å². The van der Waals surface area contributed by atoms with Crippen LogP contribution in [0.3, 0.4) is 0 Å². The third kappa shape index (κ3) is 3.22. The second-order valence-corrected chi connectivity index (χ2v) is 11.5. The normalized spacial score (nSPS) is 24.1. The predicted octanol–water partition coefficient (Wildman–Crippen LogP) is 5.31. The van der Waals surface area contributed by atoms with E-state index in [0.717, 1.165) is 17.9 Å². The highest BCUT2D eigenvalue weighted by molar-refractivity contribution is 8.20. The van der Waals surface area contributed by atoms with Crippen LogP contribution in [0.2, 0.25) is 0 Å². The SMILES string of the molecule is O=C1C[C@H]2C[C@H](c3c([nH]c4ccccc34)C23SCCS3)N1CCOCc1ccccc1. The summed E-state index contributed by atoms with van der Waals surface area (Å²) in [6, 6.07) is 19.0. The van der Waals surface area contributed by atoms with Crippen molar-refractivity contribution in [3.05, 3.63) is 71.4 Å². The molecule has 2 aromatic carbocycles. The smallest absolute Gasteiger partial charge is 0.223 e. The van der Waals surface area contributed by atoms with Gasteiger partial charge in [-0.1, -0.05) is 48.5 Å². The number of aromatic amines is 1. The second kappa shape index (κ2) is 7.91. The van der Waals surface area contributed by atoms with E-state index in [1.165, 1.54) is 27.7 Å². The van der Waals surface area contributed by atoms with E-state index in [4.69, 9.17) is 4.74 Å². The molecule has 3 heterocycles. The molecule has 2 fully saturated rings. The van der Waals surface area contributed by atoms with Gasteiger partial charge in [-0.05, 0) is 24.0 Å². The van der Waals surface area contributed by atoms with Crippen LogP contribution in [0.4, 0.5) is 0 Å². The summed E-state index contributed by atoms with van der Waals surface area (Å²) in [7, 11) is 0. The van der Waals surface area contributed by atoms with Gasteiger partial charge in [0.2, 0.25) is 5.91 Å². The average molecular weight is 451 g/mol. The van der Waals surface area contributed by atoms with Gasteiger partial charge >= 0.3 is 0 Å². The van der Waals surface area contributed by atoms with E-state index >= 15 is 0 Å². The van der Waals surface area contributed by atoms with Crippen LogP contribution in [0.15, 0.2) is 54.6 Å². The Morgan fingerprint density at radius 1 is 1.06 bits per heavy atom. The molecule has 6 rings (SSSR count). The molecular formula is C25H26N2O2S2. The number of amides is 1. The number of likely N-dealkylation sites (tertiary alicyclic amines) is 1. The molecule has 1 N–H and O–H groups in total. The van der Waals surface area contributed by atoms with Crippen LogP contribution in [-0.4, -0.2) is 40.4 Å². The molecule has 0 saturated carbocycles. The van der Waals surface area contributed by atoms with Gasteiger partial charge in [0.05, 0.1) is 19.3 Å². The summed E-state index contributed by atoms with van der Waals surface area (Å²) >= 11 is 4.10. The predicted molar refractivity (Wildman–Crippen MR) is 128 cm³/mol. The summed E-state index contributed by atoms with van der Waals surface area (Å²) in [5.74, 6) is 3.00. The van der Waals surface area contributed by atoms with Crippen LogP contribution < -0.4 is 0 Å². The van der Waals surface area contributed by atoms with Crippen molar-refractivity contribution >= 4 is 40.3 Å². The van der Waals surface area contributed by atoms with Gasteiger partial charge in [0.25, 0.3) is 0 Å². The van der Waals surface area contributed by atoms with E-state index < -0.39 is 0 Å². The Hall–Kier alpha value is -1.89. The fourth-order valence-corrected chi connectivity index (χ4v) is 9.10. The zero-order valence-corrected chi connectivity index (χ0v) is 19.0. The first-order chi connectivity index (χ1) is 15.3. The number of H-pyrrole nitrogens is 1. The number of nitrogens with zero attached hydrogens (tertiary/aromatic N) is 1. The summed E-state index contributed by atoms with van der Waals surface area (Å²) in [4.78, 5) is 19.2. The lowest BCUT2D eigenvalue weighted by atomic mass is 9.76. The second-order valence-electron chi connectivity index (χ2n) is 8.60. The van der Waals surface area contributed by atoms with Crippen molar-refractivity contribution in [3.63, 3.8) is 0 Å². The molecule has 2 saturated heterocycles. The van der Waals surface area contributed by atoms with E-state index in [9.17, 15) is 4.79 Å². The minimum atomic E-state index is 0.0103. The van der Waals surface area contributed by atoms with Gasteiger partial charge in [-0.15, -0.1) is 23.5 Å². The minimum Gasteiger partial charge on any atom is -0.375 e. The highest BCUT2D eigenvalue weighted by atomic mass is 32.2. The van der Waals surface area contributed by atoms with Gasteiger partial charge in [0.15, 0.2) is 0 Å². The van der Waals surface area contributed by atoms with Gasteiger partial charge < -0.3 is 14.6 Å². The molecule has 1 spiro atoms. The number of fused-ring (bicyclic) bond motifs is 8. The lowest BCUT2D eigenvalue weighted by molar-refractivity contribution is -0.140. The fourth-order valence-electron chi connectivity index (χ4n) is 5.55. The molecule has 1 aliphatic carbocycles. The number of nitrogens with one attached hydrogen (secondary N) is 1. The number of para-hydroxylation sites is 1. The van der Waals surface area contributed by atoms with Crippen LogP contribution >= 0.6 is 23.5 Å². The number of rotatable bonds is 5. The molecule has 2 bridgehead atoms. The molecule has 2 atom stereocenters. The molecule has 2 aliphatic heterocycles. The third-order valence-corrected chi connectivity index (χ3v) is 10.6. The lowest BCUT2D eigenvalue weighted by Gasteiger charge is -2.50. The fraction of sp³-hybridized carbons (Fsp3) is 0.400. The zero-order chi connectivity index (χ0) is 20.8. The maximum atomic E-state index is 13.3. The van der Waals surface area contributed by atoms with Crippen molar-refractivity contribution in [2.45, 2.75) is 29.6 Å². The molecule has 1 aromatic heterocycles. The molecule has 3 aromatic rings.